The third-order valence-electron chi connectivity index (χ3n) is 7.49. The Morgan fingerprint density at radius 2 is 1.60 bits per heavy atom. The fraction of sp³-hybridized carbons (Fsp3) is 0.286. The van der Waals surface area contributed by atoms with Crippen LogP contribution >= 0.6 is 11.6 Å². The highest BCUT2D eigenvalue weighted by Crippen LogP contribution is 2.37. The first kappa shape index (κ1) is 29.3. The van der Waals surface area contributed by atoms with E-state index in [2.05, 4.69) is 5.32 Å². The second kappa shape index (κ2) is 12.4. The molecule has 6 nitrogen and oxygen atoms in total. The molecule has 216 valence electrons. The first-order chi connectivity index (χ1) is 20.1. The first-order valence-electron chi connectivity index (χ1n) is 14.3. The number of benzene rings is 4. The highest BCUT2D eigenvalue weighted by molar-refractivity contribution is 6.31. The molecule has 4 aromatic carbocycles. The van der Waals surface area contributed by atoms with Crippen molar-refractivity contribution >= 4 is 45.8 Å². The van der Waals surface area contributed by atoms with E-state index in [0.717, 1.165) is 27.6 Å². The Balaban J connectivity index is 1.39. The summed E-state index contributed by atoms with van der Waals surface area (Å²) in [5, 5.41) is 5.61. The van der Waals surface area contributed by atoms with Gasteiger partial charge in [0, 0.05) is 47.4 Å². The minimum absolute atomic E-state index is 0.0475. The van der Waals surface area contributed by atoms with Crippen molar-refractivity contribution < 1.29 is 14.4 Å². The number of hydrogen-bond donors (Lipinski definition) is 1. The number of carbonyl (C=O) groups excluding carboxylic acids is 3. The van der Waals surface area contributed by atoms with Crippen molar-refractivity contribution in [2.75, 3.05) is 11.4 Å². The molecule has 4 aromatic rings. The SMILES string of the molecule is CC(C)(C)NC(=O)[C@@H](Cc1ccccc1)N(Cc1ccccc1Cl)C(=O)CCCN1C(=O)c2cccc3cccc1c23. The van der Waals surface area contributed by atoms with Crippen molar-refractivity contribution in [1.82, 2.24) is 10.2 Å². The maximum atomic E-state index is 14.0. The van der Waals surface area contributed by atoms with Crippen molar-refractivity contribution in [3.8, 4) is 0 Å². The number of anilines is 1. The molecule has 0 aliphatic carbocycles. The number of amides is 3. The summed E-state index contributed by atoms with van der Waals surface area (Å²) in [5.41, 5.74) is 2.82. The molecule has 0 fully saturated rings. The van der Waals surface area contributed by atoms with Crippen molar-refractivity contribution in [1.29, 1.82) is 0 Å². The number of rotatable bonds is 10. The summed E-state index contributed by atoms with van der Waals surface area (Å²) in [4.78, 5) is 44.4. The van der Waals surface area contributed by atoms with Crippen LogP contribution in [0.3, 0.4) is 0 Å². The van der Waals surface area contributed by atoms with Gasteiger partial charge >= 0.3 is 0 Å². The maximum Gasteiger partial charge on any atom is 0.258 e. The summed E-state index contributed by atoms with van der Waals surface area (Å²) in [5.74, 6) is -0.431. The average molecular weight is 582 g/mol. The summed E-state index contributed by atoms with van der Waals surface area (Å²) in [6.07, 6.45) is 0.989. The lowest BCUT2D eigenvalue weighted by Gasteiger charge is -2.34. The second-order valence-electron chi connectivity index (χ2n) is 11.8. The van der Waals surface area contributed by atoms with E-state index in [1.165, 1.54) is 0 Å². The van der Waals surface area contributed by atoms with Crippen LogP contribution in [0.4, 0.5) is 5.69 Å². The Kier molecular flexibility index (Phi) is 8.64. The molecule has 0 saturated heterocycles. The maximum absolute atomic E-state index is 14.0. The van der Waals surface area contributed by atoms with Crippen LogP contribution in [-0.2, 0) is 22.6 Å². The molecule has 1 aliphatic heterocycles. The van der Waals surface area contributed by atoms with Gasteiger partial charge in [0.25, 0.3) is 5.91 Å². The average Bonchev–Trinajstić information content (AvgIpc) is 3.23. The van der Waals surface area contributed by atoms with E-state index in [-0.39, 0.29) is 30.7 Å². The third-order valence-corrected chi connectivity index (χ3v) is 7.86. The molecule has 5 rings (SSSR count). The summed E-state index contributed by atoms with van der Waals surface area (Å²) in [6.45, 7) is 6.37. The highest BCUT2D eigenvalue weighted by atomic mass is 35.5. The number of carbonyl (C=O) groups is 3. The van der Waals surface area contributed by atoms with E-state index in [4.69, 9.17) is 11.6 Å². The molecule has 1 heterocycles. The van der Waals surface area contributed by atoms with Gasteiger partial charge in [0.2, 0.25) is 11.8 Å². The standard InChI is InChI=1S/C35H36ClN3O3/c1-35(2,3)37-33(41)30(22-24-12-5-4-6-13-24)39(23-26-14-7-8-18-28(26)36)31(40)20-11-21-38-29-19-10-16-25-15-9-17-27(32(25)29)34(38)42/h4-10,12-19,30H,11,20-23H2,1-3H3,(H,37,41)/t30-/m1/s1. The molecule has 1 atom stereocenters. The summed E-state index contributed by atoms with van der Waals surface area (Å²) in [7, 11) is 0. The molecule has 42 heavy (non-hydrogen) atoms. The summed E-state index contributed by atoms with van der Waals surface area (Å²) >= 11 is 6.53. The molecule has 1 N–H and O–H groups in total. The third kappa shape index (κ3) is 6.50. The lowest BCUT2D eigenvalue weighted by Crippen LogP contribution is -2.54. The zero-order valence-electron chi connectivity index (χ0n) is 24.3. The van der Waals surface area contributed by atoms with E-state index in [1.807, 2.05) is 106 Å². The quantitative estimate of drug-likeness (QED) is 0.224. The van der Waals surface area contributed by atoms with Gasteiger partial charge in [-0.25, -0.2) is 0 Å². The van der Waals surface area contributed by atoms with Crippen LogP contribution in [0.1, 0.15) is 55.1 Å². The minimum atomic E-state index is -0.748. The van der Waals surface area contributed by atoms with Gasteiger partial charge < -0.3 is 15.1 Å². The highest BCUT2D eigenvalue weighted by Gasteiger charge is 2.33. The van der Waals surface area contributed by atoms with Crippen LogP contribution in [0.25, 0.3) is 10.8 Å². The van der Waals surface area contributed by atoms with Crippen molar-refractivity contribution in [2.45, 2.75) is 58.2 Å². The van der Waals surface area contributed by atoms with Gasteiger partial charge in [-0.1, -0.05) is 84.4 Å². The van der Waals surface area contributed by atoms with Gasteiger partial charge in [-0.05, 0) is 61.9 Å². The fourth-order valence-corrected chi connectivity index (χ4v) is 5.75. The van der Waals surface area contributed by atoms with Crippen molar-refractivity contribution in [3.05, 3.63) is 113 Å². The monoisotopic (exact) mass is 581 g/mol. The molecule has 0 saturated carbocycles. The molecule has 3 amide bonds. The molecule has 0 aromatic heterocycles. The smallest absolute Gasteiger partial charge is 0.258 e. The summed E-state index contributed by atoms with van der Waals surface area (Å²) < 4.78 is 0. The van der Waals surface area contributed by atoms with Crippen LogP contribution < -0.4 is 10.2 Å². The van der Waals surface area contributed by atoms with Gasteiger partial charge in [-0.15, -0.1) is 0 Å². The number of nitrogens with zero attached hydrogens (tertiary/aromatic N) is 2. The lowest BCUT2D eigenvalue weighted by atomic mass is 10.00. The Labute approximate surface area is 252 Å². The largest absolute Gasteiger partial charge is 0.350 e. The fourth-order valence-electron chi connectivity index (χ4n) is 5.55. The lowest BCUT2D eigenvalue weighted by molar-refractivity contribution is -0.142. The number of halogens is 1. The van der Waals surface area contributed by atoms with Gasteiger partial charge in [-0.3, -0.25) is 14.4 Å². The predicted octanol–water partition coefficient (Wildman–Crippen LogP) is 6.79. The van der Waals surface area contributed by atoms with E-state index < -0.39 is 11.6 Å². The van der Waals surface area contributed by atoms with Crippen LogP contribution in [0.5, 0.6) is 0 Å². The second-order valence-corrected chi connectivity index (χ2v) is 12.2. The van der Waals surface area contributed by atoms with Crippen LogP contribution in [-0.4, -0.2) is 40.7 Å². The van der Waals surface area contributed by atoms with Crippen molar-refractivity contribution in [2.24, 2.45) is 0 Å². The number of nitrogens with one attached hydrogen (secondary N) is 1. The molecule has 0 unspecified atom stereocenters. The van der Waals surface area contributed by atoms with Gasteiger partial charge in [0.05, 0.1) is 5.69 Å². The van der Waals surface area contributed by atoms with E-state index in [0.29, 0.717) is 30.0 Å². The van der Waals surface area contributed by atoms with Crippen LogP contribution in [0.2, 0.25) is 5.02 Å². The molecule has 7 heteroatoms. The molecular weight excluding hydrogens is 546 g/mol. The Morgan fingerprint density at radius 1 is 0.905 bits per heavy atom. The molecule has 0 bridgehead atoms. The van der Waals surface area contributed by atoms with E-state index in [9.17, 15) is 14.4 Å². The zero-order chi connectivity index (χ0) is 29.9. The van der Waals surface area contributed by atoms with Crippen LogP contribution in [0.15, 0.2) is 91.0 Å². The first-order valence-corrected chi connectivity index (χ1v) is 14.7. The molecule has 0 radical (unpaired) electrons. The van der Waals surface area contributed by atoms with Gasteiger partial charge in [0.15, 0.2) is 0 Å². The Bertz CT molecular complexity index is 1610. The van der Waals surface area contributed by atoms with E-state index in [1.54, 1.807) is 15.9 Å². The zero-order valence-corrected chi connectivity index (χ0v) is 25.0. The van der Waals surface area contributed by atoms with Crippen LogP contribution in [0, 0.1) is 0 Å². The molecule has 0 spiro atoms. The predicted molar refractivity (Wildman–Crippen MR) is 169 cm³/mol. The van der Waals surface area contributed by atoms with Crippen molar-refractivity contribution in [3.63, 3.8) is 0 Å². The topological polar surface area (TPSA) is 69.7 Å². The van der Waals surface area contributed by atoms with Gasteiger partial charge in [-0.2, -0.15) is 0 Å². The van der Waals surface area contributed by atoms with E-state index >= 15 is 0 Å². The molecular formula is C35H36ClN3O3. The minimum Gasteiger partial charge on any atom is -0.350 e. The summed E-state index contributed by atoms with van der Waals surface area (Å²) in [6, 6.07) is 28.0. The normalized spacial score (nSPS) is 13.3. The number of hydrogen-bond acceptors (Lipinski definition) is 3. The Hall–Kier alpha value is -4.16. The molecule has 1 aliphatic rings. The Morgan fingerprint density at radius 3 is 2.31 bits per heavy atom. The van der Waals surface area contributed by atoms with Gasteiger partial charge in [0.1, 0.15) is 6.04 Å².